The van der Waals surface area contributed by atoms with Crippen LogP contribution in [-0.4, -0.2) is 72.3 Å². The molecule has 0 bridgehead atoms. The molecular weight excluding hydrogens is 326 g/mol. The lowest BCUT2D eigenvalue weighted by atomic mass is 9.66. The Bertz CT molecular complexity index is 503. The van der Waals surface area contributed by atoms with Gasteiger partial charge in [0.1, 0.15) is 0 Å². The third kappa shape index (κ3) is 3.64. The van der Waals surface area contributed by atoms with E-state index in [1.54, 1.807) is 0 Å². The van der Waals surface area contributed by atoms with E-state index >= 15 is 0 Å². The normalized spacial score (nSPS) is 26.7. The molecule has 3 rings (SSSR count). The summed E-state index contributed by atoms with van der Waals surface area (Å²) in [7, 11) is 2.13. The topological polar surface area (TPSA) is 43.9 Å². The van der Waals surface area contributed by atoms with E-state index in [0.29, 0.717) is 11.8 Å². The first-order chi connectivity index (χ1) is 12.5. The summed E-state index contributed by atoms with van der Waals surface area (Å²) in [6.45, 7) is 8.75. The monoisotopic (exact) mass is 363 g/mol. The Morgan fingerprint density at radius 3 is 2.08 bits per heavy atom. The highest BCUT2D eigenvalue weighted by Gasteiger charge is 2.50. The van der Waals surface area contributed by atoms with Crippen LogP contribution in [0.25, 0.3) is 0 Å². The Morgan fingerprint density at radius 1 is 0.885 bits per heavy atom. The molecule has 3 fully saturated rings. The van der Waals surface area contributed by atoms with Crippen molar-refractivity contribution in [2.45, 2.75) is 71.3 Å². The van der Waals surface area contributed by atoms with Crippen LogP contribution in [0.4, 0.5) is 0 Å². The summed E-state index contributed by atoms with van der Waals surface area (Å²) in [5, 5.41) is 0. The minimum Gasteiger partial charge on any atom is -0.342 e. The van der Waals surface area contributed by atoms with E-state index in [0.717, 1.165) is 77.7 Å². The number of carbonyl (C=O) groups excluding carboxylic acids is 2. The maximum Gasteiger partial charge on any atom is 0.240 e. The molecule has 0 saturated carbocycles. The molecule has 26 heavy (non-hydrogen) atoms. The molecule has 3 aliphatic rings. The lowest BCUT2D eigenvalue weighted by Crippen LogP contribution is -2.61. The Kier molecular flexibility index (Phi) is 6.26. The fourth-order valence-corrected chi connectivity index (χ4v) is 5.57. The summed E-state index contributed by atoms with van der Waals surface area (Å²) in [5.41, 5.74) is 0.0668. The SMILES string of the molecule is CCC(CC)C(=O)N1CCC2(CCCN(C)[C@@H]2C(=O)N2CCCC2)CC1. The summed E-state index contributed by atoms with van der Waals surface area (Å²) in [4.78, 5) is 32.5. The van der Waals surface area contributed by atoms with E-state index in [1.165, 1.54) is 6.42 Å². The molecule has 0 aromatic carbocycles. The maximum atomic E-state index is 13.3. The van der Waals surface area contributed by atoms with E-state index in [2.05, 4.69) is 35.6 Å². The summed E-state index contributed by atoms with van der Waals surface area (Å²) >= 11 is 0. The highest BCUT2D eigenvalue weighted by molar-refractivity contribution is 5.83. The summed E-state index contributed by atoms with van der Waals surface area (Å²) in [6, 6.07) is 0.0137. The van der Waals surface area contributed by atoms with Gasteiger partial charge in [-0.1, -0.05) is 13.8 Å². The zero-order valence-electron chi connectivity index (χ0n) is 17.0. The summed E-state index contributed by atoms with van der Waals surface area (Å²) in [6.07, 6.45) is 8.40. The van der Waals surface area contributed by atoms with Crippen molar-refractivity contribution >= 4 is 11.8 Å². The van der Waals surface area contributed by atoms with Crippen LogP contribution >= 0.6 is 0 Å². The van der Waals surface area contributed by atoms with Crippen molar-refractivity contribution in [2.75, 3.05) is 39.8 Å². The van der Waals surface area contributed by atoms with Crippen molar-refractivity contribution in [2.24, 2.45) is 11.3 Å². The van der Waals surface area contributed by atoms with Crippen LogP contribution < -0.4 is 0 Å². The van der Waals surface area contributed by atoms with Crippen LogP contribution in [0.1, 0.15) is 65.2 Å². The van der Waals surface area contributed by atoms with Crippen LogP contribution in [0.15, 0.2) is 0 Å². The molecule has 2 amide bonds. The van der Waals surface area contributed by atoms with Crippen molar-refractivity contribution in [3.05, 3.63) is 0 Å². The molecule has 148 valence electrons. The van der Waals surface area contributed by atoms with Crippen LogP contribution in [0, 0.1) is 11.3 Å². The fraction of sp³-hybridized carbons (Fsp3) is 0.905. The van der Waals surface area contributed by atoms with Gasteiger partial charge in [-0.3, -0.25) is 14.5 Å². The number of carbonyl (C=O) groups is 2. The van der Waals surface area contributed by atoms with E-state index in [4.69, 9.17) is 0 Å². The smallest absolute Gasteiger partial charge is 0.240 e. The second kappa shape index (κ2) is 8.28. The van der Waals surface area contributed by atoms with Crippen LogP contribution in [-0.2, 0) is 9.59 Å². The van der Waals surface area contributed by atoms with Crippen molar-refractivity contribution in [3.8, 4) is 0 Å². The third-order valence-corrected chi connectivity index (χ3v) is 7.26. The molecule has 0 aromatic rings. The van der Waals surface area contributed by atoms with Gasteiger partial charge < -0.3 is 9.80 Å². The first-order valence-electron chi connectivity index (χ1n) is 10.8. The van der Waals surface area contributed by atoms with Gasteiger partial charge in [0.2, 0.25) is 11.8 Å². The number of likely N-dealkylation sites (tertiary alicyclic amines) is 3. The highest BCUT2D eigenvalue weighted by atomic mass is 16.2. The molecule has 5 nitrogen and oxygen atoms in total. The zero-order chi connectivity index (χ0) is 18.7. The number of amides is 2. The second-order valence-corrected chi connectivity index (χ2v) is 8.72. The molecule has 5 heteroatoms. The molecule has 3 saturated heterocycles. The molecular formula is C21H37N3O2. The van der Waals surface area contributed by atoms with Crippen molar-refractivity contribution in [1.82, 2.24) is 14.7 Å². The number of piperidine rings is 2. The largest absolute Gasteiger partial charge is 0.342 e. The molecule has 0 radical (unpaired) electrons. The number of likely N-dealkylation sites (N-methyl/N-ethyl adjacent to an activating group) is 1. The van der Waals surface area contributed by atoms with Crippen LogP contribution in [0.5, 0.6) is 0 Å². The predicted octanol–water partition coefficient (Wildman–Crippen LogP) is 2.75. The number of rotatable bonds is 4. The molecule has 0 N–H and O–H groups in total. The van der Waals surface area contributed by atoms with Crippen molar-refractivity contribution in [3.63, 3.8) is 0 Å². The van der Waals surface area contributed by atoms with Crippen LogP contribution in [0.2, 0.25) is 0 Å². The van der Waals surface area contributed by atoms with Gasteiger partial charge in [0, 0.05) is 32.1 Å². The Labute approximate surface area is 159 Å². The quantitative estimate of drug-likeness (QED) is 0.771. The first kappa shape index (κ1) is 19.7. The van der Waals surface area contributed by atoms with Gasteiger partial charge in [-0.2, -0.15) is 0 Å². The van der Waals surface area contributed by atoms with Crippen molar-refractivity contribution < 1.29 is 9.59 Å². The van der Waals surface area contributed by atoms with Gasteiger partial charge in [0.15, 0.2) is 0 Å². The zero-order valence-corrected chi connectivity index (χ0v) is 17.0. The number of hydrogen-bond donors (Lipinski definition) is 0. The van der Waals surface area contributed by atoms with E-state index in [1.807, 2.05) is 0 Å². The van der Waals surface area contributed by atoms with Gasteiger partial charge in [-0.25, -0.2) is 0 Å². The summed E-state index contributed by atoms with van der Waals surface area (Å²) < 4.78 is 0. The van der Waals surface area contributed by atoms with Gasteiger partial charge in [0.05, 0.1) is 6.04 Å². The van der Waals surface area contributed by atoms with E-state index in [9.17, 15) is 9.59 Å². The van der Waals surface area contributed by atoms with E-state index in [-0.39, 0.29) is 17.4 Å². The summed E-state index contributed by atoms with van der Waals surface area (Å²) in [5.74, 6) is 0.848. The van der Waals surface area contributed by atoms with Gasteiger partial charge in [-0.15, -0.1) is 0 Å². The molecule has 0 unspecified atom stereocenters. The maximum absolute atomic E-state index is 13.3. The van der Waals surface area contributed by atoms with Gasteiger partial charge in [0.25, 0.3) is 0 Å². The number of hydrogen-bond acceptors (Lipinski definition) is 3. The molecule has 0 aliphatic carbocycles. The van der Waals surface area contributed by atoms with E-state index < -0.39 is 0 Å². The molecule has 1 spiro atoms. The first-order valence-corrected chi connectivity index (χ1v) is 10.8. The minimum atomic E-state index is 0.0137. The van der Waals surface area contributed by atoms with Crippen LogP contribution in [0.3, 0.4) is 0 Å². The molecule has 3 heterocycles. The van der Waals surface area contributed by atoms with Crippen molar-refractivity contribution in [1.29, 1.82) is 0 Å². The minimum absolute atomic E-state index is 0.0137. The molecule has 3 aliphatic heterocycles. The Balaban J connectivity index is 1.71. The fourth-order valence-electron chi connectivity index (χ4n) is 5.57. The standard InChI is InChI=1S/C21H37N3O2/c1-4-17(5-2)19(25)24-15-10-21(11-16-24)9-8-12-22(3)18(21)20(26)23-13-6-7-14-23/h17-18H,4-16H2,1-3H3/t18-/m1/s1. The van der Waals surface area contributed by atoms with Gasteiger partial charge in [-0.05, 0) is 70.4 Å². The average Bonchev–Trinajstić information content (AvgIpc) is 3.18. The lowest BCUT2D eigenvalue weighted by Gasteiger charge is -2.52. The lowest BCUT2D eigenvalue weighted by molar-refractivity contribution is -0.149. The van der Waals surface area contributed by atoms with Gasteiger partial charge >= 0.3 is 0 Å². The molecule has 1 atom stereocenters. The third-order valence-electron chi connectivity index (χ3n) is 7.26. The second-order valence-electron chi connectivity index (χ2n) is 8.72. The Hall–Kier alpha value is -1.10. The Morgan fingerprint density at radius 2 is 1.50 bits per heavy atom. The average molecular weight is 364 g/mol. The predicted molar refractivity (Wildman–Crippen MR) is 104 cm³/mol. The highest BCUT2D eigenvalue weighted by Crippen LogP contribution is 2.45. The molecule has 0 aromatic heterocycles. The number of nitrogens with zero attached hydrogens (tertiary/aromatic N) is 3.